The molecule has 1 aliphatic heterocycles. The molecule has 3 nitrogen and oxygen atoms in total. The van der Waals surface area contributed by atoms with Crippen LogP contribution >= 0.6 is 11.6 Å². The number of likely N-dealkylation sites (tertiary alicyclic amines) is 1. The molecule has 1 fully saturated rings. The monoisotopic (exact) mass is 219 g/mol. The highest BCUT2D eigenvalue weighted by molar-refractivity contribution is 6.17. The number of hydrogen-bond donors (Lipinski definition) is 0. The van der Waals surface area contributed by atoms with Gasteiger partial charge in [-0.3, -0.25) is 0 Å². The van der Waals surface area contributed by atoms with E-state index in [9.17, 15) is 4.79 Å². The van der Waals surface area contributed by atoms with Crippen molar-refractivity contribution in [1.82, 2.24) is 4.90 Å². The molecule has 0 aromatic heterocycles. The van der Waals surface area contributed by atoms with Crippen molar-refractivity contribution in [2.45, 2.75) is 26.2 Å². The van der Waals surface area contributed by atoms with E-state index in [0.717, 1.165) is 38.3 Å². The summed E-state index contributed by atoms with van der Waals surface area (Å²) in [6.07, 6.45) is 2.73. The number of alkyl halides is 1. The summed E-state index contributed by atoms with van der Waals surface area (Å²) in [5.74, 6) is 1.28. The Labute approximate surface area is 90.4 Å². The van der Waals surface area contributed by atoms with Crippen molar-refractivity contribution >= 4 is 17.7 Å². The van der Waals surface area contributed by atoms with Crippen molar-refractivity contribution in [3.05, 3.63) is 0 Å². The second-order valence-electron chi connectivity index (χ2n) is 3.83. The van der Waals surface area contributed by atoms with Gasteiger partial charge in [0, 0.05) is 19.0 Å². The molecule has 1 aliphatic rings. The second-order valence-corrected chi connectivity index (χ2v) is 4.20. The summed E-state index contributed by atoms with van der Waals surface area (Å²) < 4.78 is 5.06. The van der Waals surface area contributed by atoms with Gasteiger partial charge in [-0.05, 0) is 25.2 Å². The molecule has 0 spiro atoms. The van der Waals surface area contributed by atoms with Gasteiger partial charge in [0.25, 0.3) is 0 Å². The molecule has 0 unspecified atom stereocenters. The highest BCUT2D eigenvalue weighted by atomic mass is 35.5. The van der Waals surface area contributed by atoms with Gasteiger partial charge in [-0.1, -0.05) is 6.92 Å². The minimum Gasteiger partial charge on any atom is -0.449 e. The van der Waals surface area contributed by atoms with Gasteiger partial charge in [0.15, 0.2) is 0 Å². The zero-order chi connectivity index (χ0) is 10.4. The van der Waals surface area contributed by atoms with E-state index in [0.29, 0.717) is 12.5 Å². The summed E-state index contributed by atoms with van der Waals surface area (Å²) >= 11 is 5.48. The van der Waals surface area contributed by atoms with Crippen LogP contribution in [0.15, 0.2) is 0 Å². The molecule has 82 valence electrons. The Morgan fingerprint density at radius 2 is 2.14 bits per heavy atom. The average Bonchev–Trinajstić information content (AvgIpc) is 2.19. The number of halogens is 1. The van der Waals surface area contributed by atoms with Gasteiger partial charge in [0.1, 0.15) is 0 Å². The summed E-state index contributed by atoms with van der Waals surface area (Å²) in [5, 5.41) is 0. The van der Waals surface area contributed by atoms with E-state index in [-0.39, 0.29) is 6.09 Å². The third-order valence-electron chi connectivity index (χ3n) is 2.55. The van der Waals surface area contributed by atoms with Crippen LogP contribution in [0.3, 0.4) is 0 Å². The number of rotatable bonds is 3. The Morgan fingerprint density at radius 1 is 1.50 bits per heavy atom. The van der Waals surface area contributed by atoms with E-state index >= 15 is 0 Å². The normalized spacial score (nSPS) is 18.3. The number of nitrogens with zero attached hydrogens (tertiary/aromatic N) is 1. The van der Waals surface area contributed by atoms with Gasteiger partial charge in [0.05, 0.1) is 6.61 Å². The SMILES string of the molecule is CC1CCN(C(=O)OCCCCl)CC1. The first-order valence-corrected chi connectivity index (χ1v) is 5.75. The summed E-state index contributed by atoms with van der Waals surface area (Å²) in [5.41, 5.74) is 0. The number of amides is 1. The van der Waals surface area contributed by atoms with Crippen molar-refractivity contribution in [2.24, 2.45) is 5.92 Å². The van der Waals surface area contributed by atoms with Gasteiger partial charge in [-0.25, -0.2) is 4.79 Å². The predicted molar refractivity (Wildman–Crippen MR) is 56.7 cm³/mol. The number of carbonyl (C=O) groups is 1. The maximum Gasteiger partial charge on any atom is 0.409 e. The smallest absolute Gasteiger partial charge is 0.409 e. The Hall–Kier alpha value is -0.440. The van der Waals surface area contributed by atoms with Crippen LogP contribution in [0.2, 0.25) is 0 Å². The lowest BCUT2D eigenvalue weighted by atomic mass is 10.00. The van der Waals surface area contributed by atoms with Crippen molar-refractivity contribution < 1.29 is 9.53 Å². The molecular weight excluding hydrogens is 202 g/mol. The first kappa shape index (κ1) is 11.6. The molecule has 1 rings (SSSR count). The molecule has 14 heavy (non-hydrogen) atoms. The van der Waals surface area contributed by atoms with Gasteiger partial charge in [-0.2, -0.15) is 0 Å². The summed E-state index contributed by atoms with van der Waals surface area (Å²) in [6, 6.07) is 0. The molecule has 0 aromatic carbocycles. The third-order valence-corrected chi connectivity index (χ3v) is 2.81. The average molecular weight is 220 g/mol. The molecule has 0 bridgehead atoms. The third kappa shape index (κ3) is 3.74. The topological polar surface area (TPSA) is 29.5 Å². The maximum absolute atomic E-state index is 11.4. The maximum atomic E-state index is 11.4. The molecule has 0 saturated carbocycles. The number of hydrogen-bond acceptors (Lipinski definition) is 2. The van der Waals surface area contributed by atoms with Crippen molar-refractivity contribution in [3.63, 3.8) is 0 Å². The van der Waals surface area contributed by atoms with Crippen LogP contribution in [-0.2, 0) is 4.74 Å². The first-order valence-electron chi connectivity index (χ1n) is 5.21. The fourth-order valence-corrected chi connectivity index (χ4v) is 1.61. The number of piperidine rings is 1. The molecule has 0 N–H and O–H groups in total. The fourth-order valence-electron chi connectivity index (χ4n) is 1.50. The molecule has 1 heterocycles. The number of carbonyl (C=O) groups excluding carboxylic acids is 1. The quantitative estimate of drug-likeness (QED) is 0.539. The van der Waals surface area contributed by atoms with Crippen LogP contribution in [0.5, 0.6) is 0 Å². The van der Waals surface area contributed by atoms with E-state index in [4.69, 9.17) is 16.3 Å². The summed E-state index contributed by atoms with van der Waals surface area (Å²) in [4.78, 5) is 13.2. The second kappa shape index (κ2) is 6.12. The van der Waals surface area contributed by atoms with Gasteiger partial charge in [0.2, 0.25) is 0 Å². The van der Waals surface area contributed by atoms with Gasteiger partial charge >= 0.3 is 6.09 Å². The lowest BCUT2D eigenvalue weighted by Gasteiger charge is -2.29. The molecule has 1 amide bonds. The lowest BCUT2D eigenvalue weighted by molar-refractivity contribution is 0.0894. The molecule has 1 saturated heterocycles. The Morgan fingerprint density at radius 3 is 2.71 bits per heavy atom. The molecule has 0 aliphatic carbocycles. The van der Waals surface area contributed by atoms with E-state index in [1.807, 2.05) is 0 Å². The largest absolute Gasteiger partial charge is 0.449 e. The van der Waals surface area contributed by atoms with Crippen molar-refractivity contribution in [1.29, 1.82) is 0 Å². The Bertz CT molecular complexity index is 179. The lowest BCUT2D eigenvalue weighted by Crippen LogP contribution is -2.38. The van der Waals surface area contributed by atoms with Crippen molar-refractivity contribution in [3.8, 4) is 0 Å². The fraction of sp³-hybridized carbons (Fsp3) is 0.900. The minimum absolute atomic E-state index is 0.179. The van der Waals surface area contributed by atoms with Crippen LogP contribution in [0.25, 0.3) is 0 Å². The van der Waals surface area contributed by atoms with Crippen LogP contribution in [0.4, 0.5) is 4.79 Å². The summed E-state index contributed by atoms with van der Waals surface area (Å²) in [7, 11) is 0. The minimum atomic E-state index is -0.179. The van der Waals surface area contributed by atoms with Gasteiger partial charge in [-0.15, -0.1) is 11.6 Å². The van der Waals surface area contributed by atoms with E-state index in [1.165, 1.54) is 0 Å². The van der Waals surface area contributed by atoms with Crippen LogP contribution in [0, 0.1) is 5.92 Å². The zero-order valence-corrected chi connectivity index (χ0v) is 9.42. The molecule has 4 heteroatoms. The Kier molecular flexibility index (Phi) is 5.09. The molecule has 0 radical (unpaired) electrons. The first-order chi connectivity index (χ1) is 6.74. The summed E-state index contributed by atoms with van der Waals surface area (Å²) in [6.45, 7) is 4.33. The van der Waals surface area contributed by atoms with Gasteiger partial charge < -0.3 is 9.64 Å². The molecule has 0 atom stereocenters. The highest BCUT2D eigenvalue weighted by Crippen LogP contribution is 2.16. The van der Waals surface area contributed by atoms with E-state index < -0.39 is 0 Å². The zero-order valence-electron chi connectivity index (χ0n) is 8.67. The van der Waals surface area contributed by atoms with Crippen LogP contribution in [0.1, 0.15) is 26.2 Å². The standard InChI is InChI=1S/C10H18ClNO2/c1-9-3-6-12(7-4-9)10(13)14-8-2-5-11/h9H,2-8H2,1H3. The molecular formula is C10H18ClNO2. The number of ether oxygens (including phenoxy) is 1. The van der Waals surface area contributed by atoms with Crippen LogP contribution in [-0.4, -0.2) is 36.6 Å². The van der Waals surface area contributed by atoms with E-state index in [2.05, 4.69) is 6.92 Å². The Balaban J connectivity index is 2.17. The van der Waals surface area contributed by atoms with Crippen molar-refractivity contribution in [2.75, 3.05) is 25.6 Å². The van der Waals surface area contributed by atoms with Crippen LogP contribution < -0.4 is 0 Å². The molecule has 0 aromatic rings. The highest BCUT2D eigenvalue weighted by Gasteiger charge is 2.20. The predicted octanol–water partition coefficient (Wildman–Crippen LogP) is 2.48. The van der Waals surface area contributed by atoms with E-state index in [1.54, 1.807) is 4.90 Å².